The number of carbonyl (C=O) groups excluding carboxylic acids is 1. The van der Waals surface area contributed by atoms with Crippen LogP contribution < -0.4 is 9.46 Å². The van der Waals surface area contributed by atoms with E-state index >= 15 is 0 Å². The highest BCUT2D eigenvalue weighted by Gasteiger charge is 2.34. The van der Waals surface area contributed by atoms with Crippen molar-refractivity contribution in [1.29, 1.82) is 0 Å². The fourth-order valence-electron chi connectivity index (χ4n) is 3.51. The molecule has 0 saturated heterocycles. The maximum absolute atomic E-state index is 13.4. The Morgan fingerprint density at radius 3 is 2.59 bits per heavy atom. The largest absolute Gasteiger partial charge is 0.488 e. The number of aliphatic hydroxyl groups is 1. The van der Waals surface area contributed by atoms with Crippen molar-refractivity contribution in [2.45, 2.75) is 30.2 Å². The van der Waals surface area contributed by atoms with Crippen LogP contribution in [0, 0.1) is 5.92 Å². The molecule has 188 valence electrons. The van der Waals surface area contributed by atoms with Crippen molar-refractivity contribution < 1.29 is 31.5 Å². The van der Waals surface area contributed by atoms with Gasteiger partial charge >= 0.3 is 0 Å². The van der Waals surface area contributed by atoms with Gasteiger partial charge in [0.25, 0.3) is 15.9 Å². The van der Waals surface area contributed by atoms with Crippen molar-refractivity contribution in [1.82, 2.24) is 9.21 Å². The number of carbonyl (C=O) groups is 1. The van der Waals surface area contributed by atoms with Gasteiger partial charge in [0.15, 0.2) is 0 Å². The highest BCUT2D eigenvalue weighted by molar-refractivity contribution is 7.94. The van der Waals surface area contributed by atoms with Crippen LogP contribution in [0.15, 0.2) is 39.9 Å². The normalized spacial score (nSPS) is 20.3. The molecule has 1 aliphatic heterocycles. The molecule has 13 heteroatoms. The van der Waals surface area contributed by atoms with Crippen molar-refractivity contribution in [2.75, 3.05) is 37.7 Å². The number of aliphatic hydroxyl groups excluding tert-OH is 1. The Labute approximate surface area is 204 Å². The second kappa shape index (κ2) is 10.2. The van der Waals surface area contributed by atoms with Crippen LogP contribution >= 0.6 is 11.3 Å². The number of rotatable bonds is 8. The number of thiophene rings is 1. The summed E-state index contributed by atoms with van der Waals surface area (Å²) in [5.41, 5.74) is 0.296. The van der Waals surface area contributed by atoms with E-state index in [1.807, 2.05) is 6.92 Å². The second-order valence-electron chi connectivity index (χ2n) is 8.41. The van der Waals surface area contributed by atoms with Gasteiger partial charge in [-0.05, 0) is 36.6 Å². The summed E-state index contributed by atoms with van der Waals surface area (Å²) in [6.45, 7) is 3.55. The van der Waals surface area contributed by atoms with Gasteiger partial charge < -0.3 is 14.7 Å². The molecule has 0 bridgehead atoms. The number of sulfonamides is 2. The van der Waals surface area contributed by atoms with Crippen LogP contribution in [0.4, 0.5) is 5.69 Å². The Kier molecular flexibility index (Phi) is 7.92. The number of benzene rings is 1. The standard InChI is InChI=1S/C21H29N3O7S3/c1-14-11-24(15(2)13-25)21(26)17-10-16(22-34(29,30)20-6-5-9-32-20)7-8-18(17)31-19(14)12-23(3)33(4,27)28/h5-10,14-15,19,22,25H,11-13H2,1-4H3/t14-,15+,19+/m0/s1. The summed E-state index contributed by atoms with van der Waals surface area (Å²) in [6.07, 6.45) is 0.512. The summed E-state index contributed by atoms with van der Waals surface area (Å²) < 4.78 is 59.1. The number of ether oxygens (including phenoxy) is 1. The van der Waals surface area contributed by atoms with E-state index in [-0.39, 0.29) is 46.8 Å². The third kappa shape index (κ3) is 5.89. The highest BCUT2D eigenvalue weighted by atomic mass is 32.2. The molecule has 1 amide bonds. The lowest BCUT2D eigenvalue weighted by atomic mass is 9.99. The number of anilines is 1. The van der Waals surface area contributed by atoms with E-state index in [2.05, 4.69) is 4.72 Å². The third-order valence-corrected chi connectivity index (χ3v) is 9.74. The van der Waals surface area contributed by atoms with E-state index in [0.29, 0.717) is 0 Å². The average Bonchev–Trinajstić information content (AvgIpc) is 3.31. The average molecular weight is 532 g/mol. The Balaban J connectivity index is 2.01. The van der Waals surface area contributed by atoms with Crippen molar-refractivity contribution in [3.63, 3.8) is 0 Å². The summed E-state index contributed by atoms with van der Waals surface area (Å²) in [5.74, 6) is -0.472. The third-order valence-electron chi connectivity index (χ3n) is 5.68. The predicted molar refractivity (Wildman–Crippen MR) is 130 cm³/mol. The van der Waals surface area contributed by atoms with Crippen LogP contribution in [-0.2, 0) is 20.0 Å². The van der Waals surface area contributed by atoms with Crippen molar-refractivity contribution >= 4 is 43.0 Å². The van der Waals surface area contributed by atoms with Crippen molar-refractivity contribution in [3.8, 4) is 5.75 Å². The first kappa shape index (κ1) is 26.4. The number of hydrogen-bond donors (Lipinski definition) is 2. The minimum atomic E-state index is -3.83. The molecule has 0 unspecified atom stereocenters. The van der Waals surface area contributed by atoms with Gasteiger partial charge in [-0.2, -0.15) is 0 Å². The molecule has 10 nitrogen and oxygen atoms in total. The molecule has 0 saturated carbocycles. The second-order valence-corrected chi connectivity index (χ2v) is 13.4. The van der Waals surface area contributed by atoms with Gasteiger partial charge in [0, 0.05) is 25.2 Å². The molecule has 3 atom stereocenters. The summed E-state index contributed by atoms with van der Waals surface area (Å²) in [4.78, 5) is 14.9. The zero-order chi connectivity index (χ0) is 25.3. The Hall–Kier alpha value is -2.19. The molecule has 1 aliphatic rings. The number of fused-ring (bicyclic) bond motifs is 1. The van der Waals surface area contributed by atoms with Crippen LogP contribution in [0.5, 0.6) is 5.75 Å². The molecule has 3 rings (SSSR count). The molecular formula is C21H29N3O7S3. The minimum Gasteiger partial charge on any atom is -0.488 e. The topological polar surface area (TPSA) is 133 Å². The SMILES string of the molecule is C[C@H](CO)N1C[C@H](C)[C@@H](CN(C)S(C)(=O)=O)Oc2ccc(NS(=O)(=O)c3cccs3)cc2C1=O. The molecule has 1 aromatic heterocycles. The smallest absolute Gasteiger partial charge is 0.271 e. The fourth-order valence-corrected chi connectivity index (χ4v) is 5.97. The highest BCUT2D eigenvalue weighted by Crippen LogP contribution is 2.31. The minimum absolute atomic E-state index is 0.0573. The van der Waals surface area contributed by atoms with E-state index in [1.54, 1.807) is 18.4 Å². The molecule has 1 aromatic carbocycles. The van der Waals surface area contributed by atoms with Crippen molar-refractivity contribution in [3.05, 3.63) is 41.3 Å². The zero-order valence-electron chi connectivity index (χ0n) is 19.3. The molecule has 2 N–H and O–H groups in total. The maximum atomic E-state index is 13.4. The lowest BCUT2D eigenvalue weighted by molar-refractivity contribution is 0.0387. The first-order valence-corrected chi connectivity index (χ1v) is 14.7. The molecular weight excluding hydrogens is 502 g/mol. The first-order valence-electron chi connectivity index (χ1n) is 10.5. The van der Waals surface area contributed by atoms with Gasteiger partial charge in [-0.25, -0.2) is 21.1 Å². The predicted octanol–water partition coefficient (Wildman–Crippen LogP) is 1.66. The van der Waals surface area contributed by atoms with Gasteiger partial charge in [0.2, 0.25) is 10.0 Å². The number of nitrogens with zero attached hydrogens (tertiary/aromatic N) is 2. The fraction of sp³-hybridized carbons (Fsp3) is 0.476. The Morgan fingerprint density at radius 1 is 1.29 bits per heavy atom. The molecule has 34 heavy (non-hydrogen) atoms. The molecule has 0 fully saturated rings. The van der Waals surface area contributed by atoms with E-state index < -0.39 is 38.1 Å². The number of nitrogens with one attached hydrogen (secondary N) is 1. The lowest BCUT2D eigenvalue weighted by Gasteiger charge is -2.38. The molecule has 0 radical (unpaired) electrons. The van der Waals surface area contributed by atoms with Crippen LogP contribution in [0.1, 0.15) is 24.2 Å². The van der Waals surface area contributed by atoms with Crippen LogP contribution in [0.2, 0.25) is 0 Å². The zero-order valence-corrected chi connectivity index (χ0v) is 21.8. The lowest BCUT2D eigenvalue weighted by Crippen LogP contribution is -2.50. The van der Waals surface area contributed by atoms with Gasteiger partial charge in [-0.3, -0.25) is 9.52 Å². The Bertz CT molecular complexity index is 1230. The molecule has 0 spiro atoms. The van der Waals surface area contributed by atoms with Gasteiger partial charge in [0.05, 0.1) is 31.0 Å². The molecule has 2 heterocycles. The number of amides is 1. The Morgan fingerprint density at radius 2 is 2.00 bits per heavy atom. The van der Waals surface area contributed by atoms with Crippen molar-refractivity contribution in [2.24, 2.45) is 5.92 Å². The van der Waals surface area contributed by atoms with Gasteiger partial charge in [0.1, 0.15) is 16.1 Å². The van der Waals surface area contributed by atoms with E-state index in [9.17, 15) is 26.7 Å². The van der Waals surface area contributed by atoms with E-state index in [0.717, 1.165) is 17.6 Å². The van der Waals surface area contributed by atoms with E-state index in [4.69, 9.17) is 4.74 Å². The maximum Gasteiger partial charge on any atom is 0.271 e. The quantitative estimate of drug-likeness (QED) is 0.529. The molecule has 2 aromatic rings. The van der Waals surface area contributed by atoms with Crippen LogP contribution in [0.25, 0.3) is 0 Å². The number of likely N-dealkylation sites (N-methyl/N-ethyl adjacent to an activating group) is 1. The summed E-state index contributed by atoms with van der Waals surface area (Å²) in [5, 5.41) is 11.4. The summed E-state index contributed by atoms with van der Waals surface area (Å²) in [6, 6.07) is 6.96. The number of hydrogen-bond acceptors (Lipinski definition) is 8. The van der Waals surface area contributed by atoms with Gasteiger partial charge in [-0.15, -0.1) is 11.3 Å². The van der Waals surface area contributed by atoms with E-state index in [1.165, 1.54) is 40.5 Å². The molecule has 0 aliphatic carbocycles. The first-order chi connectivity index (χ1) is 15.8. The summed E-state index contributed by atoms with van der Waals surface area (Å²) in [7, 11) is -5.84. The van der Waals surface area contributed by atoms with Crippen LogP contribution in [-0.4, -0.2) is 82.2 Å². The summed E-state index contributed by atoms with van der Waals surface area (Å²) >= 11 is 1.07. The van der Waals surface area contributed by atoms with Gasteiger partial charge in [-0.1, -0.05) is 13.0 Å². The monoisotopic (exact) mass is 531 g/mol. The van der Waals surface area contributed by atoms with Crippen LogP contribution in [0.3, 0.4) is 0 Å².